The van der Waals surface area contributed by atoms with E-state index in [0.29, 0.717) is 5.39 Å². The Balaban J connectivity index is 2.67. The average molecular weight is 290 g/mol. The Kier molecular flexibility index (Phi) is 3.70. The van der Waals surface area contributed by atoms with Gasteiger partial charge in [0.1, 0.15) is 11.3 Å². The Bertz CT molecular complexity index is 817. The molecule has 0 aliphatic heterocycles. The Morgan fingerprint density at radius 2 is 1.90 bits per heavy atom. The summed E-state index contributed by atoms with van der Waals surface area (Å²) in [5, 5.41) is 11.7. The molecule has 20 heavy (non-hydrogen) atoms. The van der Waals surface area contributed by atoms with Crippen LogP contribution in [0.2, 0.25) is 0 Å². The van der Waals surface area contributed by atoms with Gasteiger partial charge in [-0.05, 0) is 17.5 Å². The van der Waals surface area contributed by atoms with Crippen LogP contribution in [0.4, 0.5) is 5.69 Å². The molecule has 2 aromatic carbocycles. The number of carbonyl (C=O) groups is 1. The van der Waals surface area contributed by atoms with Crippen molar-refractivity contribution >= 4 is 32.5 Å². The van der Waals surface area contributed by atoms with Crippen LogP contribution < -0.4 is 5.32 Å². The van der Waals surface area contributed by atoms with E-state index < -0.39 is 16.0 Å². The van der Waals surface area contributed by atoms with Crippen molar-refractivity contribution in [2.75, 3.05) is 5.32 Å². The van der Waals surface area contributed by atoms with Gasteiger partial charge in [-0.15, -0.1) is 0 Å². The highest BCUT2D eigenvalue weighted by atomic mass is 32.2. The second-order valence-corrected chi connectivity index (χ2v) is 5.41. The van der Waals surface area contributed by atoms with E-state index >= 15 is 0 Å². The van der Waals surface area contributed by atoms with E-state index in [4.69, 9.17) is 5.26 Å². The minimum absolute atomic E-state index is 0.212. The highest BCUT2D eigenvalue weighted by Crippen LogP contribution is 2.30. The zero-order valence-corrected chi connectivity index (χ0v) is 11.0. The summed E-state index contributed by atoms with van der Waals surface area (Å²) in [7, 11) is -4.42. The lowest BCUT2D eigenvalue weighted by Gasteiger charge is -2.10. The van der Waals surface area contributed by atoms with Crippen molar-refractivity contribution in [1.29, 1.82) is 5.26 Å². The van der Waals surface area contributed by atoms with Crippen LogP contribution >= 0.6 is 0 Å². The number of fused-ring (bicyclic) bond motifs is 1. The molecule has 0 unspecified atom stereocenters. The van der Waals surface area contributed by atoms with Crippen LogP contribution in [0, 0.1) is 11.3 Å². The van der Waals surface area contributed by atoms with Gasteiger partial charge >= 0.3 is 0 Å². The summed E-state index contributed by atoms with van der Waals surface area (Å²) in [6.07, 6.45) is -0.343. The van der Waals surface area contributed by atoms with Crippen LogP contribution in [0.3, 0.4) is 0 Å². The third kappa shape index (κ3) is 2.77. The maximum atomic E-state index is 11.5. The largest absolute Gasteiger partial charge is 0.325 e. The Morgan fingerprint density at radius 1 is 1.25 bits per heavy atom. The van der Waals surface area contributed by atoms with Gasteiger partial charge in [-0.2, -0.15) is 13.7 Å². The van der Waals surface area contributed by atoms with Gasteiger partial charge in [-0.1, -0.05) is 24.3 Å². The SMILES string of the molecule is N#CCC(=O)Nc1cccc2cccc(S(=O)(=O)O)c12. The summed E-state index contributed by atoms with van der Waals surface area (Å²) in [6.45, 7) is 0. The lowest BCUT2D eigenvalue weighted by Crippen LogP contribution is -2.11. The summed E-state index contributed by atoms with van der Waals surface area (Å²) in [5.74, 6) is -0.551. The highest BCUT2D eigenvalue weighted by Gasteiger charge is 2.17. The fourth-order valence-electron chi connectivity index (χ4n) is 1.89. The maximum absolute atomic E-state index is 11.5. The predicted molar refractivity (Wildman–Crippen MR) is 72.6 cm³/mol. The fraction of sp³-hybridized carbons (Fsp3) is 0.0769. The maximum Gasteiger partial charge on any atom is 0.295 e. The summed E-state index contributed by atoms with van der Waals surface area (Å²) in [4.78, 5) is 11.2. The molecule has 0 aromatic heterocycles. The molecule has 0 fully saturated rings. The molecule has 0 spiro atoms. The molecule has 6 nitrogen and oxygen atoms in total. The lowest BCUT2D eigenvalue weighted by atomic mass is 10.1. The van der Waals surface area contributed by atoms with Crippen LogP contribution in [-0.4, -0.2) is 18.9 Å². The number of amides is 1. The number of carbonyl (C=O) groups excluding carboxylic acids is 1. The third-order valence-corrected chi connectivity index (χ3v) is 3.55. The normalized spacial score (nSPS) is 11.0. The number of hydrogen-bond donors (Lipinski definition) is 2. The van der Waals surface area contributed by atoms with E-state index in [1.54, 1.807) is 24.3 Å². The molecule has 0 bridgehead atoms. The number of anilines is 1. The van der Waals surface area contributed by atoms with Crippen LogP contribution in [0.1, 0.15) is 6.42 Å². The van der Waals surface area contributed by atoms with Gasteiger partial charge in [0.05, 0.1) is 11.8 Å². The topological polar surface area (TPSA) is 107 Å². The summed E-state index contributed by atoms with van der Waals surface area (Å²) in [5.41, 5.74) is 0.232. The fourth-order valence-corrected chi connectivity index (χ4v) is 2.63. The zero-order chi connectivity index (χ0) is 14.8. The molecule has 0 saturated heterocycles. The third-order valence-electron chi connectivity index (χ3n) is 2.66. The monoisotopic (exact) mass is 290 g/mol. The quantitative estimate of drug-likeness (QED) is 0.840. The number of benzene rings is 2. The molecule has 2 aromatic rings. The average Bonchev–Trinajstić information content (AvgIpc) is 2.37. The predicted octanol–water partition coefficient (Wildman–Crippen LogP) is 1.94. The first-order chi connectivity index (χ1) is 9.43. The van der Waals surface area contributed by atoms with Crippen molar-refractivity contribution in [1.82, 2.24) is 0 Å². The molecule has 0 aliphatic rings. The van der Waals surface area contributed by atoms with Gasteiger partial charge in [0.15, 0.2) is 0 Å². The molecular weight excluding hydrogens is 280 g/mol. The Hall–Kier alpha value is -2.43. The molecule has 1 amide bonds. The molecule has 7 heteroatoms. The van der Waals surface area contributed by atoms with Gasteiger partial charge in [-0.25, -0.2) is 0 Å². The molecule has 0 heterocycles. The van der Waals surface area contributed by atoms with Gasteiger partial charge in [-0.3, -0.25) is 9.35 Å². The first-order valence-electron chi connectivity index (χ1n) is 5.59. The smallest absolute Gasteiger partial charge is 0.295 e. The lowest BCUT2D eigenvalue weighted by molar-refractivity contribution is -0.115. The van der Waals surface area contributed by atoms with Crippen LogP contribution in [0.15, 0.2) is 41.3 Å². The zero-order valence-electron chi connectivity index (χ0n) is 10.2. The van der Waals surface area contributed by atoms with Crippen molar-refractivity contribution in [3.8, 4) is 6.07 Å². The van der Waals surface area contributed by atoms with E-state index in [2.05, 4.69) is 5.32 Å². The summed E-state index contributed by atoms with van der Waals surface area (Å²) >= 11 is 0. The Labute approximate surface area is 115 Å². The number of rotatable bonds is 3. The number of nitrogens with zero attached hydrogens (tertiary/aromatic N) is 1. The standard InChI is InChI=1S/C13H10N2O4S/c14-8-7-12(16)15-10-5-1-3-9-4-2-6-11(13(9)10)20(17,18)19/h1-6H,7H2,(H,15,16)(H,17,18,19). The van der Waals surface area contributed by atoms with E-state index in [1.165, 1.54) is 18.2 Å². The number of nitrogens with one attached hydrogen (secondary N) is 1. The molecular formula is C13H10N2O4S. The molecule has 102 valence electrons. The number of hydrogen-bond acceptors (Lipinski definition) is 4. The Morgan fingerprint density at radius 3 is 2.50 bits per heavy atom. The van der Waals surface area contributed by atoms with Gasteiger partial charge < -0.3 is 5.32 Å². The van der Waals surface area contributed by atoms with E-state index in [0.717, 1.165) is 0 Å². The summed E-state index contributed by atoms with van der Waals surface area (Å²) in [6, 6.07) is 10.9. The molecule has 2 rings (SSSR count). The second kappa shape index (κ2) is 5.28. The van der Waals surface area contributed by atoms with E-state index in [-0.39, 0.29) is 22.4 Å². The number of nitriles is 1. The van der Waals surface area contributed by atoms with Crippen molar-refractivity contribution in [2.24, 2.45) is 0 Å². The highest BCUT2D eigenvalue weighted by molar-refractivity contribution is 7.86. The van der Waals surface area contributed by atoms with Gasteiger partial charge in [0, 0.05) is 5.39 Å². The van der Waals surface area contributed by atoms with Crippen LogP contribution in [-0.2, 0) is 14.9 Å². The van der Waals surface area contributed by atoms with Crippen molar-refractivity contribution in [3.05, 3.63) is 36.4 Å². The van der Waals surface area contributed by atoms with E-state index in [1.807, 2.05) is 0 Å². The molecule has 0 aliphatic carbocycles. The summed E-state index contributed by atoms with van der Waals surface area (Å²) < 4.78 is 32.1. The minimum Gasteiger partial charge on any atom is -0.325 e. The first-order valence-corrected chi connectivity index (χ1v) is 7.03. The van der Waals surface area contributed by atoms with Crippen LogP contribution in [0.5, 0.6) is 0 Å². The molecule has 0 radical (unpaired) electrons. The first kappa shape index (κ1) is 14.0. The minimum atomic E-state index is -4.42. The van der Waals surface area contributed by atoms with Crippen molar-refractivity contribution in [2.45, 2.75) is 11.3 Å². The molecule has 2 N–H and O–H groups in total. The molecule has 0 atom stereocenters. The van der Waals surface area contributed by atoms with Crippen molar-refractivity contribution < 1.29 is 17.8 Å². The van der Waals surface area contributed by atoms with E-state index in [9.17, 15) is 17.8 Å². The molecule has 0 saturated carbocycles. The van der Waals surface area contributed by atoms with Gasteiger partial charge in [0.25, 0.3) is 10.1 Å². The van der Waals surface area contributed by atoms with Crippen LogP contribution in [0.25, 0.3) is 10.8 Å². The van der Waals surface area contributed by atoms with Gasteiger partial charge in [0.2, 0.25) is 5.91 Å². The second-order valence-electron chi connectivity index (χ2n) is 4.02. The van der Waals surface area contributed by atoms with Crippen molar-refractivity contribution in [3.63, 3.8) is 0 Å².